The Bertz CT molecular complexity index is 1350. The van der Waals surface area contributed by atoms with Gasteiger partial charge in [0.1, 0.15) is 12.4 Å². The molecule has 0 bridgehead atoms. The van der Waals surface area contributed by atoms with Crippen molar-refractivity contribution < 1.29 is 19.0 Å². The van der Waals surface area contributed by atoms with E-state index in [1.807, 2.05) is 12.1 Å². The first-order chi connectivity index (χ1) is 14.4. The van der Waals surface area contributed by atoms with E-state index in [-0.39, 0.29) is 18.0 Å². The SMILES string of the molecule is Cc1cc2n(c(=O)c1COC(=O)O)Cc1c-2nc2cc(F)c(C)c3c2c1CC=CC3. The maximum Gasteiger partial charge on any atom is 0.506 e. The maximum atomic E-state index is 14.6. The quantitative estimate of drug-likeness (QED) is 0.402. The lowest BCUT2D eigenvalue weighted by molar-refractivity contribution is 0.0848. The largest absolute Gasteiger partial charge is 0.506 e. The Morgan fingerprint density at radius 1 is 1.20 bits per heavy atom. The van der Waals surface area contributed by atoms with Gasteiger partial charge in [0.25, 0.3) is 5.56 Å². The van der Waals surface area contributed by atoms with Crippen LogP contribution in [0.1, 0.15) is 33.4 Å². The van der Waals surface area contributed by atoms with Gasteiger partial charge in [-0.05, 0) is 55.0 Å². The van der Waals surface area contributed by atoms with Crippen molar-refractivity contribution in [1.29, 1.82) is 0 Å². The molecular weight excluding hydrogens is 387 g/mol. The summed E-state index contributed by atoms with van der Waals surface area (Å²) in [6.45, 7) is 3.60. The molecule has 7 heteroatoms. The van der Waals surface area contributed by atoms with E-state index in [1.54, 1.807) is 18.4 Å². The second-order valence-corrected chi connectivity index (χ2v) is 7.79. The molecule has 0 unspecified atom stereocenters. The number of fused-ring (bicyclic) bond motifs is 4. The topological polar surface area (TPSA) is 81.4 Å². The molecule has 1 aliphatic heterocycles. The van der Waals surface area contributed by atoms with Gasteiger partial charge in [-0.1, -0.05) is 12.2 Å². The van der Waals surface area contributed by atoms with Gasteiger partial charge in [-0.15, -0.1) is 0 Å². The van der Waals surface area contributed by atoms with E-state index in [0.29, 0.717) is 53.0 Å². The van der Waals surface area contributed by atoms with E-state index in [9.17, 15) is 14.0 Å². The van der Waals surface area contributed by atoms with E-state index >= 15 is 0 Å². The number of allylic oxidation sites excluding steroid dienone is 2. The van der Waals surface area contributed by atoms with Crippen molar-refractivity contribution in [3.63, 3.8) is 0 Å². The van der Waals surface area contributed by atoms with E-state index in [4.69, 9.17) is 10.1 Å². The average Bonchev–Trinajstić information content (AvgIpc) is 2.90. The Hall–Kier alpha value is -3.48. The predicted octanol–water partition coefficient (Wildman–Crippen LogP) is 4.03. The molecule has 1 aromatic carbocycles. The summed E-state index contributed by atoms with van der Waals surface area (Å²) in [7, 11) is 0. The number of pyridine rings is 2. The number of halogens is 1. The number of nitrogens with zero attached hydrogens (tertiary/aromatic N) is 2. The van der Waals surface area contributed by atoms with Gasteiger partial charge in [0.2, 0.25) is 0 Å². The predicted molar refractivity (Wildman–Crippen MR) is 109 cm³/mol. The van der Waals surface area contributed by atoms with Gasteiger partial charge >= 0.3 is 6.16 Å². The van der Waals surface area contributed by atoms with Gasteiger partial charge in [-0.3, -0.25) is 4.79 Å². The van der Waals surface area contributed by atoms with Crippen LogP contribution in [0.2, 0.25) is 0 Å². The molecule has 0 amide bonds. The third kappa shape index (κ3) is 2.58. The third-order valence-corrected chi connectivity index (χ3v) is 6.15. The van der Waals surface area contributed by atoms with Crippen molar-refractivity contribution in [2.24, 2.45) is 0 Å². The van der Waals surface area contributed by atoms with Crippen LogP contribution in [0, 0.1) is 19.7 Å². The number of aryl methyl sites for hydroxylation is 1. The molecule has 0 spiro atoms. The number of carbonyl (C=O) groups is 1. The summed E-state index contributed by atoms with van der Waals surface area (Å²) in [6.07, 6.45) is 4.04. The zero-order valence-corrected chi connectivity index (χ0v) is 16.6. The van der Waals surface area contributed by atoms with Crippen LogP contribution in [-0.4, -0.2) is 20.8 Å². The molecule has 5 rings (SSSR count). The van der Waals surface area contributed by atoms with Crippen LogP contribution in [0.3, 0.4) is 0 Å². The number of hydrogen-bond acceptors (Lipinski definition) is 4. The second-order valence-electron chi connectivity index (χ2n) is 7.79. The van der Waals surface area contributed by atoms with Crippen LogP contribution in [-0.2, 0) is 30.7 Å². The molecule has 1 aliphatic carbocycles. The Labute approximate surface area is 171 Å². The molecule has 3 heterocycles. The monoisotopic (exact) mass is 406 g/mol. The van der Waals surface area contributed by atoms with E-state index < -0.39 is 6.16 Å². The van der Waals surface area contributed by atoms with Crippen molar-refractivity contribution >= 4 is 17.1 Å². The summed E-state index contributed by atoms with van der Waals surface area (Å²) >= 11 is 0. The van der Waals surface area contributed by atoms with Gasteiger partial charge in [-0.2, -0.15) is 0 Å². The van der Waals surface area contributed by atoms with Crippen LogP contribution in [0.25, 0.3) is 22.3 Å². The molecule has 0 fully saturated rings. The van der Waals surface area contributed by atoms with E-state index in [1.165, 1.54) is 6.07 Å². The number of hydrogen-bond donors (Lipinski definition) is 1. The van der Waals surface area contributed by atoms with Gasteiger partial charge in [0.15, 0.2) is 0 Å². The molecule has 6 nitrogen and oxygen atoms in total. The lowest BCUT2D eigenvalue weighted by Crippen LogP contribution is -2.25. The highest BCUT2D eigenvalue weighted by Crippen LogP contribution is 2.39. The molecule has 3 aromatic rings. The number of carboxylic acid groups (broad SMARTS) is 1. The van der Waals surface area contributed by atoms with Crippen molar-refractivity contribution in [2.45, 2.75) is 39.8 Å². The molecule has 0 radical (unpaired) electrons. The van der Waals surface area contributed by atoms with Crippen molar-refractivity contribution in [2.75, 3.05) is 0 Å². The molecule has 152 valence electrons. The zero-order valence-electron chi connectivity index (χ0n) is 16.6. The molecule has 1 N–H and O–H groups in total. The second kappa shape index (κ2) is 6.52. The highest BCUT2D eigenvalue weighted by atomic mass is 19.1. The van der Waals surface area contributed by atoms with Gasteiger partial charge in [0.05, 0.1) is 29.0 Å². The fourth-order valence-electron chi connectivity index (χ4n) is 4.59. The van der Waals surface area contributed by atoms with Crippen molar-refractivity contribution in [3.05, 3.63) is 73.8 Å². The molecule has 0 saturated carbocycles. The minimum Gasteiger partial charge on any atom is -0.450 e. The van der Waals surface area contributed by atoms with Gasteiger partial charge in [0, 0.05) is 17.0 Å². The lowest BCUT2D eigenvalue weighted by atomic mass is 9.93. The van der Waals surface area contributed by atoms with Crippen LogP contribution >= 0.6 is 0 Å². The molecule has 2 aliphatic rings. The normalized spacial score (nSPS) is 13.8. The highest BCUT2D eigenvalue weighted by Gasteiger charge is 2.29. The maximum absolute atomic E-state index is 14.6. The van der Waals surface area contributed by atoms with Gasteiger partial charge in [-0.25, -0.2) is 14.2 Å². The van der Waals surface area contributed by atoms with Crippen LogP contribution in [0.5, 0.6) is 0 Å². The molecule has 2 aromatic heterocycles. The summed E-state index contributed by atoms with van der Waals surface area (Å²) in [5.74, 6) is -0.279. The number of benzene rings is 1. The van der Waals surface area contributed by atoms with Crippen molar-refractivity contribution in [1.82, 2.24) is 9.55 Å². The lowest BCUT2D eigenvalue weighted by Gasteiger charge is -2.15. The Balaban J connectivity index is 1.77. The summed E-state index contributed by atoms with van der Waals surface area (Å²) in [4.78, 5) is 28.7. The molecular formula is C23H19FN2O4. The van der Waals surface area contributed by atoms with Crippen LogP contribution in [0.4, 0.5) is 9.18 Å². The smallest absolute Gasteiger partial charge is 0.450 e. The first kappa shape index (κ1) is 18.5. The minimum absolute atomic E-state index is 0.279. The summed E-state index contributed by atoms with van der Waals surface area (Å²) in [5, 5.41) is 9.77. The highest BCUT2D eigenvalue weighted by molar-refractivity contribution is 5.92. The first-order valence-electron chi connectivity index (χ1n) is 9.74. The number of aromatic nitrogens is 2. The molecule has 30 heavy (non-hydrogen) atoms. The van der Waals surface area contributed by atoms with E-state index in [2.05, 4.69) is 10.8 Å². The fourth-order valence-corrected chi connectivity index (χ4v) is 4.59. The van der Waals surface area contributed by atoms with Crippen LogP contribution < -0.4 is 5.56 Å². The summed E-state index contributed by atoms with van der Waals surface area (Å²) < 4.78 is 20.8. The molecule has 0 atom stereocenters. The molecule has 0 saturated heterocycles. The summed E-state index contributed by atoms with van der Waals surface area (Å²) in [6, 6.07) is 3.31. The standard InChI is InChI=1S/C23H19FN2O4/c1-11-7-19-21-15(9-26(19)22(27)16(11)10-30-23(28)29)14-6-4-3-5-13-12(2)17(24)8-18(25-21)20(13)14/h3-4,7-8H,5-6,9-10H2,1-2H3,(H,28,29). The Morgan fingerprint density at radius 3 is 2.67 bits per heavy atom. The average molecular weight is 406 g/mol. The summed E-state index contributed by atoms with van der Waals surface area (Å²) in [5.41, 5.74) is 6.24. The van der Waals surface area contributed by atoms with Crippen LogP contribution in [0.15, 0.2) is 29.1 Å². The van der Waals surface area contributed by atoms with E-state index in [0.717, 1.165) is 22.1 Å². The third-order valence-electron chi connectivity index (χ3n) is 6.15. The Kier molecular flexibility index (Phi) is 4.03. The van der Waals surface area contributed by atoms with Crippen molar-refractivity contribution in [3.8, 4) is 11.4 Å². The van der Waals surface area contributed by atoms with Gasteiger partial charge < -0.3 is 14.4 Å². The number of ether oxygens (including phenoxy) is 1. The first-order valence-corrected chi connectivity index (χ1v) is 9.74. The minimum atomic E-state index is -1.42. The fraction of sp³-hybridized carbons (Fsp3) is 0.261. The number of rotatable bonds is 2. The zero-order chi connectivity index (χ0) is 21.2. The Morgan fingerprint density at radius 2 is 1.93 bits per heavy atom.